The highest BCUT2D eigenvalue weighted by Gasteiger charge is 2.16. The highest BCUT2D eigenvalue weighted by Crippen LogP contribution is 2.21. The molecule has 0 radical (unpaired) electrons. The molecule has 1 saturated carbocycles. The molecule has 0 aromatic carbocycles. The molecule has 2 rings (SSSR count). The van der Waals surface area contributed by atoms with E-state index in [1.54, 1.807) is 6.20 Å². The Labute approximate surface area is 134 Å². The van der Waals surface area contributed by atoms with Gasteiger partial charge in [0.15, 0.2) is 0 Å². The van der Waals surface area contributed by atoms with Gasteiger partial charge in [0.25, 0.3) is 5.91 Å². The van der Waals surface area contributed by atoms with E-state index in [1.807, 2.05) is 17.0 Å². The summed E-state index contributed by atoms with van der Waals surface area (Å²) in [7, 11) is 0. The highest BCUT2D eigenvalue weighted by atomic mass is 16.2. The summed E-state index contributed by atoms with van der Waals surface area (Å²) in [5, 5.41) is 3.49. The second-order valence-corrected chi connectivity index (χ2v) is 6.20. The van der Waals surface area contributed by atoms with E-state index in [4.69, 9.17) is 0 Å². The molecule has 4 heteroatoms. The predicted octanol–water partition coefficient (Wildman–Crippen LogP) is 4.09. The molecule has 1 aliphatic rings. The van der Waals surface area contributed by atoms with E-state index in [0.29, 0.717) is 11.6 Å². The van der Waals surface area contributed by atoms with Gasteiger partial charge in [-0.1, -0.05) is 33.1 Å². The maximum atomic E-state index is 12.5. The van der Waals surface area contributed by atoms with Crippen molar-refractivity contribution < 1.29 is 4.79 Å². The van der Waals surface area contributed by atoms with Crippen LogP contribution in [0.3, 0.4) is 0 Å². The molecule has 0 atom stereocenters. The number of nitrogens with zero attached hydrogens (tertiary/aromatic N) is 2. The molecule has 1 aromatic rings. The third-order valence-corrected chi connectivity index (χ3v) is 4.24. The molecule has 22 heavy (non-hydrogen) atoms. The summed E-state index contributed by atoms with van der Waals surface area (Å²) in [6.07, 6.45) is 10.1. The van der Waals surface area contributed by atoms with Gasteiger partial charge in [0.1, 0.15) is 5.82 Å². The third kappa shape index (κ3) is 4.72. The second kappa shape index (κ2) is 8.76. The van der Waals surface area contributed by atoms with Crippen LogP contribution in [0.2, 0.25) is 0 Å². The minimum atomic E-state index is 0.0976. The van der Waals surface area contributed by atoms with Crippen LogP contribution in [-0.4, -0.2) is 34.9 Å². The molecular weight excluding hydrogens is 274 g/mol. The number of carbonyl (C=O) groups excluding carboxylic acids is 1. The van der Waals surface area contributed by atoms with Crippen molar-refractivity contribution in [1.29, 1.82) is 0 Å². The normalized spacial score (nSPS) is 15.5. The SMILES string of the molecule is CCCN(CCC)C(=O)c1ccc(NC2CCCCC2)nc1. The van der Waals surface area contributed by atoms with Crippen LogP contribution in [0.4, 0.5) is 5.82 Å². The number of carbonyl (C=O) groups is 1. The number of rotatable bonds is 7. The molecule has 1 aromatic heterocycles. The van der Waals surface area contributed by atoms with Crippen molar-refractivity contribution in [3.8, 4) is 0 Å². The molecule has 4 nitrogen and oxygen atoms in total. The first-order chi connectivity index (χ1) is 10.7. The van der Waals surface area contributed by atoms with Crippen LogP contribution in [0.5, 0.6) is 0 Å². The van der Waals surface area contributed by atoms with Crippen molar-refractivity contribution >= 4 is 11.7 Å². The fourth-order valence-electron chi connectivity index (χ4n) is 3.10. The molecule has 0 aliphatic heterocycles. The first-order valence-electron chi connectivity index (χ1n) is 8.76. The molecular formula is C18H29N3O. The maximum absolute atomic E-state index is 12.5. The van der Waals surface area contributed by atoms with Crippen LogP contribution in [0.15, 0.2) is 18.3 Å². The summed E-state index contributed by atoms with van der Waals surface area (Å²) >= 11 is 0. The van der Waals surface area contributed by atoms with Gasteiger partial charge in [-0.15, -0.1) is 0 Å². The van der Waals surface area contributed by atoms with Gasteiger partial charge >= 0.3 is 0 Å². The molecule has 1 heterocycles. The second-order valence-electron chi connectivity index (χ2n) is 6.20. The fraction of sp³-hybridized carbons (Fsp3) is 0.667. The Bertz CT molecular complexity index is 446. The molecule has 122 valence electrons. The molecule has 0 bridgehead atoms. The van der Waals surface area contributed by atoms with E-state index in [2.05, 4.69) is 24.1 Å². The molecule has 1 aliphatic carbocycles. The lowest BCUT2D eigenvalue weighted by atomic mass is 9.95. The first kappa shape index (κ1) is 16.8. The van der Waals surface area contributed by atoms with Crippen LogP contribution < -0.4 is 5.32 Å². The molecule has 0 unspecified atom stereocenters. The number of nitrogens with one attached hydrogen (secondary N) is 1. The summed E-state index contributed by atoms with van der Waals surface area (Å²) in [6.45, 7) is 5.83. The Morgan fingerprint density at radius 3 is 2.41 bits per heavy atom. The van der Waals surface area contributed by atoms with Gasteiger partial charge in [-0.25, -0.2) is 4.98 Å². The van der Waals surface area contributed by atoms with Crippen molar-refractivity contribution in [2.75, 3.05) is 18.4 Å². The van der Waals surface area contributed by atoms with Crippen LogP contribution in [0.1, 0.15) is 69.2 Å². The lowest BCUT2D eigenvalue weighted by molar-refractivity contribution is 0.0755. The van der Waals surface area contributed by atoms with Gasteiger partial charge in [0, 0.05) is 25.3 Å². The average Bonchev–Trinajstić information content (AvgIpc) is 2.56. The van der Waals surface area contributed by atoms with Crippen molar-refractivity contribution in [2.24, 2.45) is 0 Å². The summed E-state index contributed by atoms with van der Waals surface area (Å²) < 4.78 is 0. The lowest BCUT2D eigenvalue weighted by Crippen LogP contribution is -2.32. The lowest BCUT2D eigenvalue weighted by Gasteiger charge is -2.24. The average molecular weight is 303 g/mol. The van der Waals surface area contributed by atoms with Crippen LogP contribution in [-0.2, 0) is 0 Å². The van der Waals surface area contributed by atoms with E-state index in [0.717, 1.165) is 31.7 Å². The third-order valence-electron chi connectivity index (χ3n) is 4.24. The Morgan fingerprint density at radius 2 is 1.86 bits per heavy atom. The number of aromatic nitrogens is 1. The summed E-state index contributed by atoms with van der Waals surface area (Å²) in [5.74, 6) is 0.987. The van der Waals surface area contributed by atoms with Gasteiger partial charge < -0.3 is 10.2 Å². The van der Waals surface area contributed by atoms with Crippen LogP contribution >= 0.6 is 0 Å². The summed E-state index contributed by atoms with van der Waals surface area (Å²) in [5.41, 5.74) is 0.691. The molecule has 1 amide bonds. The van der Waals surface area contributed by atoms with Crippen molar-refractivity contribution in [3.63, 3.8) is 0 Å². The van der Waals surface area contributed by atoms with E-state index in [-0.39, 0.29) is 5.91 Å². The topological polar surface area (TPSA) is 45.2 Å². The Kier molecular flexibility index (Phi) is 6.69. The van der Waals surface area contributed by atoms with E-state index in [1.165, 1.54) is 32.1 Å². The Balaban J connectivity index is 1.96. The summed E-state index contributed by atoms with van der Waals surface area (Å²) in [4.78, 5) is 18.9. The molecule has 0 spiro atoms. The minimum absolute atomic E-state index is 0.0976. The zero-order valence-corrected chi connectivity index (χ0v) is 14.0. The quantitative estimate of drug-likeness (QED) is 0.825. The first-order valence-corrected chi connectivity index (χ1v) is 8.76. The van der Waals surface area contributed by atoms with Crippen LogP contribution in [0.25, 0.3) is 0 Å². The standard InChI is InChI=1S/C18H29N3O/c1-3-12-21(13-4-2)18(22)15-10-11-17(19-14-15)20-16-8-6-5-7-9-16/h10-11,14,16H,3-9,12-13H2,1-2H3,(H,19,20). The largest absolute Gasteiger partial charge is 0.367 e. The Morgan fingerprint density at radius 1 is 1.18 bits per heavy atom. The highest BCUT2D eigenvalue weighted by molar-refractivity contribution is 5.94. The predicted molar refractivity (Wildman–Crippen MR) is 91.2 cm³/mol. The van der Waals surface area contributed by atoms with Gasteiger partial charge in [-0.05, 0) is 37.8 Å². The maximum Gasteiger partial charge on any atom is 0.255 e. The Hall–Kier alpha value is -1.58. The molecule has 0 saturated heterocycles. The van der Waals surface area contributed by atoms with Gasteiger partial charge in [0.2, 0.25) is 0 Å². The van der Waals surface area contributed by atoms with Crippen LogP contribution in [0, 0.1) is 0 Å². The van der Waals surface area contributed by atoms with Gasteiger partial charge in [-0.2, -0.15) is 0 Å². The van der Waals surface area contributed by atoms with Crippen molar-refractivity contribution in [2.45, 2.75) is 64.8 Å². The summed E-state index contributed by atoms with van der Waals surface area (Å²) in [6, 6.07) is 4.39. The van der Waals surface area contributed by atoms with Gasteiger partial charge in [-0.3, -0.25) is 4.79 Å². The zero-order valence-electron chi connectivity index (χ0n) is 14.0. The van der Waals surface area contributed by atoms with E-state index >= 15 is 0 Å². The minimum Gasteiger partial charge on any atom is -0.367 e. The number of anilines is 1. The van der Waals surface area contributed by atoms with Crippen molar-refractivity contribution in [1.82, 2.24) is 9.88 Å². The number of amides is 1. The van der Waals surface area contributed by atoms with E-state index in [9.17, 15) is 4.79 Å². The molecule has 1 fully saturated rings. The number of pyridine rings is 1. The van der Waals surface area contributed by atoms with Gasteiger partial charge in [0.05, 0.1) is 5.56 Å². The number of hydrogen-bond acceptors (Lipinski definition) is 3. The zero-order chi connectivity index (χ0) is 15.8. The van der Waals surface area contributed by atoms with Crippen molar-refractivity contribution in [3.05, 3.63) is 23.9 Å². The monoisotopic (exact) mass is 303 g/mol. The van der Waals surface area contributed by atoms with E-state index < -0.39 is 0 Å². The molecule has 1 N–H and O–H groups in total. The number of hydrogen-bond donors (Lipinski definition) is 1. The fourth-order valence-corrected chi connectivity index (χ4v) is 3.10. The smallest absolute Gasteiger partial charge is 0.255 e.